The highest BCUT2D eigenvalue weighted by Crippen LogP contribution is 2.08. The average Bonchev–Trinajstić information content (AvgIpc) is 3.07. The van der Waals surface area contributed by atoms with Crippen molar-refractivity contribution in [1.29, 1.82) is 0 Å². The first-order chi connectivity index (χ1) is 11.0. The molecule has 0 saturated heterocycles. The fraction of sp³-hybridized carbons (Fsp3) is 0.250. The SMILES string of the molecule is Cc1cc(C)n(C(=O)Cc2n[nH]c(Cc3ccc(F)cc3)n2)n1. The molecule has 6 nitrogen and oxygen atoms in total. The Labute approximate surface area is 132 Å². The summed E-state index contributed by atoms with van der Waals surface area (Å²) in [5, 5.41) is 11.0. The van der Waals surface area contributed by atoms with Crippen LogP contribution in [0.2, 0.25) is 0 Å². The molecule has 1 N–H and O–H groups in total. The number of nitrogens with one attached hydrogen (secondary N) is 1. The third-order valence-electron chi connectivity index (χ3n) is 3.42. The topological polar surface area (TPSA) is 76.5 Å². The number of hydrogen-bond donors (Lipinski definition) is 1. The molecule has 0 atom stereocenters. The van der Waals surface area contributed by atoms with Gasteiger partial charge in [0.25, 0.3) is 5.91 Å². The number of rotatable bonds is 4. The average molecular weight is 313 g/mol. The van der Waals surface area contributed by atoms with Crippen LogP contribution >= 0.6 is 0 Å². The molecule has 0 fully saturated rings. The van der Waals surface area contributed by atoms with Crippen LogP contribution in [0.15, 0.2) is 30.3 Å². The van der Waals surface area contributed by atoms with Gasteiger partial charge in [0.05, 0.1) is 12.1 Å². The minimum Gasteiger partial charge on any atom is -0.272 e. The second-order valence-corrected chi connectivity index (χ2v) is 5.41. The molecule has 0 saturated carbocycles. The highest BCUT2D eigenvalue weighted by molar-refractivity contribution is 5.80. The summed E-state index contributed by atoms with van der Waals surface area (Å²) in [5.41, 5.74) is 2.50. The maximum atomic E-state index is 12.9. The molecule has 0 amide bonds. The number of nitrogens with zero attached hydrogens (tertiary/aromatic N) is 4. The van der Waals surface area contributed by atoms with Crippen molar-refractivity contribution in [2.75, 3.05) is 0 Å². The van der Waals surface area contributed by atoms with Crippen molar-refractivity contribution < 1.29 is 9.18 Å². The van der Waals surface area contributed by atoms with E-state index in [9.17, 15) is 9.18 Å². The number of hydrogen-bond acceptors (Lipinski definition) is 4. The van der Waals surface area contributed by atoms with E-state index in [1.807, 2.05) is 19.9 Å². The van der Waals surface area contributed by atoms with E-state index in [1.165, 1.54) is 16.8 Å². The van der Waals surface area contributed by atoms with Crippen LogP contribution in [0, 0.1) is 19.7 Å². The quantitative estimate of drug-likeness (QED) is 0.801. The van der Waals surface area contributed by atoms with E-state index in [1.54, 1.807) is 12.1 Å². The van der Waals surface area contributed by atoms with Crippen LogP contribution in [0.4, 0.5) is 4.39 Å². The maximum absolute atomic E-state index is 12.9. The highest BCUT2D eigenvalue weighted by Gasteiger charge is 2.14. The summed E-state index contributed by atoms with van der Waals surface area (Å²) in [7, 11) is 0. The van der Waals surface area contributed by atoms with Crippen molar-refractivity contribution in [3.8, 4) is 0 Å². The Morgan fingerprint density at radius 1 is 1.26 bits per heavy atom. The number of carbonyl (C=O) groups is 1. The second kappa shape index (κ2) is 6.12. The number of H-pyrrole nitrogens is 1. The van der Waals surface area contributed by atoms with Gasteiger partial charge in [-0.25, -0.2) is 14.1 Å². The molecule has 0 aliphatic rings. The van der Waals surface area contributed by atoms with E-state index in [4.69, 9.17) is 0 Å². The molecule has 3 aromatic rings. The van der Waals surface area contributed by atoms with Gasteiger partial charge in [0, 0.05) is 12.1 Å². The van der Waals surface area contributed by atoms with Crippen molar-refractivity contribution in [2.24, 2.45) is 0 Å². The van der Waals surface area contributed by atoms with Crippen LogP contribution in [-0.4, -0.2) is 30.9 Å². The predicted molar refractivity (Wildman–Crippen MR) is 81.6 cm³/mol. The van der Waals surface area contributed by atoms with Gasteiger partial charge in [-0.3, -0.25) is 9.89 Å². The van der Waals surface area contributed by atoms with Gasteiger partial charge in [-0.05, 0) is 37.6 Å². The fourth-order valence-corrected chi connectivity index (χ4v) is 2.38. The normalized spacial score (nSPS) is 10.9. The summed E-state index contributed by atoms with van der Waals surface area (Å²) >= 11 is 0. The minimum atomic E-state index is -0.275. The van der Waals surface area contributed by atoms with Gasteiger partial charge in [0.15, 0.2) is 5.82 Å². The molecule has 0 radical (unpaired) electrons. The molecule has 2 heterocycles. The largest absolute Gasteiger partial charge is 0.272 e. The Hall–Kier alpha value is -2.83. The summed E-state index contributed by atoms with van der Waals surface area (Å²) in [6.07, 6.45) is 0.573. The molecular weight excluding hydrogens is 297 g/mol. The zero-order valence-electron chi connectivity index (χ0n) is 12.9. The number of aromatic amines is 1. The van der Waals surface area contributed by atoms with E-state index in [0.29, 0.717) is 18.1 Å². The van der Waals surface area contributed by atoms with E-state index >= 15 is 0 Å². The lowest BCUT2D eigenvalue weighted by Crippen LogP contribution is -2.17. The number of carbonyl (C=O) groups excluding carboxylic acids is 1. The fourth-order valence-electron chi connectivity index (χ4n) is 2.38. The molecule has 1 aromatic carbocycles. The Morgan fingerprint density at radius 3 is 2.65 bits per heavy atom. The lowest BCUT2D eigenvalue weighted by atomic mass is 10.1. The van der Waals surface area contributed by atoms with Crippen molar-refractivity contribution >= 4 is 5.91 Å². The van der Waals surface area contributed by atoms with Crippen LogP contribution in [0.5, 0.6) is 0 Å². The maximum Gasteiger partial charge on any atom is 0.254 e. The third-order valence-corrected chi connectivity index (χ3v) is 3.42. The van der Waals surface area contributed by atoms with Crippen LogP contribution in [0.3, 0.4) is 0 Å². The van der Waals surface area contributed by atoms with E-state index < -0.39 is 0 Å². The van der Waals surface area contributed by atoms with Gasteiger partial charge in [0.2, 0.25) is 0 Å². The first-order valence-corrected chi connectivity index (χ1v) is 7.22. The molecule has 0 spiro atoms. The zero-order chi connectivity index (χ0) is 16.4. The van der Waals surface area contributed by atoms with Crippen molar-refractivity contribution in [3.63, 3.8) is 0 Å². The first kappa shape index (κ1) is 15.1. The molecule has 23 heavy (non-hydrogen) atoms. The van der Waals surface area contributed by atoms with Gasteiger partial charge in [0.1, 0.15) is 11.6 Å². The number of benzene rings is 1. The second-order valence-electron chi connectivity index (χ2n) is 5.41. The summed E-state index contributed by atoms with van der Waals surface area (Å²) in [6, 6.07) is 8.03. The molecule has 7 heteroatoms. The highest BCUT2D eigenvalue weighted by atomic mass is 19.1. The summed E-state index contributed by atoms with van der Waals surface area (Å²) in [5.74, 6) is 0.595. The van der Waals surface area contributed by atoms with E-state index in [2.05, 4.69) is 20.3 Å². The lowest BCUT2D eigenvalue weighted by Gasteiger charge is -2.00. The number of halogens is 1. The smallest absolute Gasteiger partial charge is 0.254 e. The van der Waals surface area contributed by atoms with Crippen molar-refractivity contribution in [3.05, 3.63) is 64.7 Å². The molecule has 3 rings (SSSR count). The van der Waals surface area contributed by atoms with E-state index in [-0.39, 0.29) is 18.1 Å². The van der Waals surface area contributed by atoms with Crippen molar-refractivity contribution in [2.45, 2.75) is 26.7 Å². The Bertz CT molecular complexity index is 835. The zero-order valence-corrected chi connectivity index (χ0v) is 12.9. The molecule has 118 valence electrons. The third kappa shape index (κ3) is 3.50. The Kier molecular flexibility index (Phi) is 4.01. The van der Waals surface area contributed by atoms with Crippen LogP contribution in [-0.2, 0) is 12.8 Å². The number of aromatic nitrogens is 5. The van der Waals surface area contributed by atoms with E-state index in [0.717, 1.165) is 17.0 Å². The van der Waals surface area contributed by atoms with Gasteiger partial charge in [-0.15, -0.1) is 0 Å². The Balaban J connectivity index is 1.68. The molecule has 0 unspecified atom stereocenters. The van der Waals surface area contributed by atoms with Crippen LogP contribution in [0.25, 0.3) is 0 Å². The first-order valence-electron chi connectivity index (χ1n) is 7.22. The molecule has 0 aliphatic heterocycles. The predicted octanol–water partition coefficient (Wildman–Crippen LogP) is 2.23. The van der Waals surface area contributed by atoms with Gasteiger partial charge < -0.3 is 0 Å². The summed E-state index contributed by atoms with van der Waals surface area (Å²) < 4.78 is 14.3. The van der Waals surface area contributed by atoms with Crippen LogP contribution < -0.4 is 0 Å². The summed E-state index contributed by atoms with van der Waals surface area (Å²) in [4.78, 5) is 16.5. The summed E-state index contributed by atoms with van der Waals surface area (Å²) in [6.45, 7) is 3.67. The van der Waals surface area contributed by atoms with Gasteiger partial charge >= 0.3 is 0 Å². The number of aryl methyl sites for hydroxylation is 2. The standard InChI is InChI=1S/C16H16FN5O/c1-10-7-11(2)22(21-10)16(23)9-15-18-14(19-20-15)8-12-3-5-13(17)6-4-12/h3-7H,8-9H2,1-2H3,(H,18,19,20). The molecule has 0 bridgehead atoms. The lowest BCUT2D eigenvalue weighted by molar-refractivity contribution is 0.0893. The molecule has 2 aromatic heterocycles. The van der Waals surface area contributed by atoms with Crippen LogP contribution in [0.1, 0.15) is 33.4 Å². The Morgan fingerprint density at radius 2 is 2.00 bits per heavy atom. The van der Waals surface area contributed by atoms with Gasteiger partial charge in [-0.1, -0.05) is 12.1 Å². The minimum absolute atomic E-state index is 0.0713. The van der Waals surface area contributed by atoms with Gasteiger partial charge in [-0.2, -0.15) is 10.2 Å². The monoisotopic (exact) mass is 313 g/mol. The molecular formula is C16H16FN5O. The van der Waals surface area contributed by atoms with Crippen molar-refractivity contribution in [1.82, 2.24) is 25.0 Å². The molecule has 0 aliphatic carbocycles.